The van der Waals surface area contributed by atoms with Crippen LogP contribution in [-0.2, 0) is 4.79 Å². The molecule has 1 amide bonds. The molecule has 2 aliphatic rings. The number of rotatable bonds is 4. The number of aryl methyl sites for hydroxylation is 1. The van der Waals surface area contributed by atoms with Crippen molar-refractivity contribution in [2.75, 3.05) is 11.4 Å². The molecule has 3 heterocycles. The van der Waals surface area contributed by atoms with Crippen molar-refractivity contribution in [1.29, 1.82) is 0 Å². The summed E-state index contributed by atoms with van der Waals surface area (Å²) < 4.78 is 14.1. The van der Waals surface area contributed by atoms with E-state index >= 15 is 0 Å². The summed E-state index contributed by atoms with van der Waals surface area (Å²) in [6.07, 6.45) is 3.76. The number of hydrogen-bond acceptors (Lipinski definition) is 5. The molecule has 0 spiro atoms. The van der Waals surface area contributed by atoms with Gasteiger partial charge in [-0.15, -0.1) is 0 Å². The molecule has 1 saturated heterocycles. The highest BCUT2D eigenvalue weighted by Crippen LogP contribution is 2.53. The Morgan fingerprint density at radius 3 is 2.73 bits per heavy atom. The van der Waals surface area contributed by atoms with Crippen LogP contribution in [0, 0.1) is 18.3 Å². The molecule has 6 nitrogen and oxygen atoms in total. The van der Waals surface area contributed by atoms with Crippen LogP contribution in [0.15, 0.2) is 30.5 Å². The molecule has 0 radical (unpaired) electrons. The average Bonchev–Trinajstić information content (AvgIpc) is 2.70. The van der Waals surface area contributed by atoms with E-state index in [2.05, 4.69) is 34.0 Å². The first kappa shape index (κ1) is 20.7. The molecular formula is C23H30FN5O. The third kappa shape index (κ3) is 3.55. The molecule has 1 N–H and O–H groups in total. The number of piperidine rings is 1. The predicted molar refractivity (Wildman–Crippen MR) is 115 cm³/mol. The molecule has 160 valence electrons. The third-order valence-electron chi connectivity index (χ3n) is 6.53. The van der Waals surface area contributed by atoms with Gasteiger partial charge in [-0.1, -0.05) is 19.9 Å². The molecule has 3 unspecified atom stereocenters. The van der Waals surface area contributed by atoms with Crippen LogP contribution in [0.3, 0.4) is 0 Å². The zero-order chi connectivity index (χ0) is 21.7. The van der Waals surface area contributed by atoms with Crippen LogP contribution in [0.4, 0.5) is 10.2 Å². The molecule has 1 aliphatic heterocycles. The van der Waals surface area contributed by atoms with Gasteiger partial charge >= 0.3 is 0 Å². The van der Waals surface area contributed by atoms with Gasteiger partial charge in [0.25, 0.3) is 5.91 Å². The minimum absolute atomic E-state index is 0.0500. The predicted octanol–water partition coefficient (Wildman–Crippen LogP) is 3.70. The van der Waals surface area contributed by atoms with E-state index in [0.717, 1.165) is 36.6 Å². The van der Waals surface area contributed by atoms with Crippen LogP contribution in [0.2, 0.25) is 0 Å². The standard InChI is InChI=1S/C23H30FN5O/c1-14-13-17(27-20(26-14)16-10-6-7-11-25-16)29-12-8-9-15-18(22(2,3)19(15)29)28-21(30)23(4,5)24/h6-7,10-11,13,15,18-19H,8-9,12H2,1-5H3,(H,28,30). The number of fused-ring (bicyclic) bond motifs is 1. The molecule has 1 aliphatic carbocycles. The summed E-state index contributed by atoms with van der Waals surface area (Å²) in [6.45, 7) is 9.78. The lowest BCUT2D eigenvalue weighted by Gasteiger charge is -2.64. The highest BCUT2D eigenvalue weighted by Gasteiger charge is 2.60. The third-order valence-corrected chi connectivity index (χ3v) is 6.53. The van der Waals surface area contributed by atoms with Crippen LogP contribution in [0.25, 0.3) is 11.5 Å². The van der Waals surface area contributed by atoms with Crippen molar-refractivity contribution in [2.24, 2.45) is 11.3 Å². The smallest absolute Gasteiger partial charge is 0.257 e. The van der Waals surface area contributed by atoms with E-state index in [4.69, 9.17) is 4.98 Å². The molecule has 7 heteroatoms. The van der Waals surface area contributed by atoms with Gasteiger partial charge in [0, 0.05) is 47.9 Å². The van der Waals surface area contributed by atoms with Crippen molar-refractivity contribution in [1.82, 2.24) is 20.3 Å². The number of nitrogens with one attached hydrogen (secondary N) is 1. The van der Waals surface area contributed by atoms with Crippen molar-refractivity contribution >= 4 is 11.7 Å². The van der Waals surface area contributed by atoms with E-state index in [0.29, 0.717) is 5.82 Å². The largest absolute Gasteiger partial charge is 0.353 e. The molecule has 4 rings (SSSR count). The number of carbonyl (C=O) groups is 1. The van der Waals surface area contributed by atoms with E-state index in [1.807, 2.05) is 31.2 Å². The van der Waals surface area contributed by atoms with Gasteiger partial charge in [0.15, 0.2) is 11.5 Å². The minimum atomic E-state index is -1.88. The Kier molecular flexibility index (Phi) is 5.03. The van der Waals surface area contributed by atoms with E-state index < -0.39 is 11.6 Å². The number of amides is 1. The van der Waals surface area contributed by atoms with E-state index in [1.165, 1.54) is 13.8 Å². The second kappa shape index (κ2) is 7.29. The summed E-state index contributed by atoms with van der Waals surface area (Å²) in [4.78, 5) is 28.5. The SMILES string of the molecule is Cc1cc(N2CCCC3C(NC(=O)C(C)(C)F)C(C)(C)C32)nc(-c2ccccn2)n1. The van der Waals surface area contributed by atoms with Crippen LogP contribution in [-0.4, -0.2) is 45.2 Å². The quantitative estimate of drug-likeness (QED) is 0.831. The fraction of sp³-hybridized carbons (Fsp3) is 0.565. The highest BCUT2D eigenvalue weighted by molar-refractivity contribution is 5.84. The Morgan fingerprint density at radius 2 is 2.07 bits per heavy atom. The first-order valence-corrected chi connectivity index (χ1v) is 10.6. The molecule has 1 saturated carbocycles. The molecule has 2 fully saturated rings. The van der Waals surface area contributed by atoms with Gasteiger partial charge in [-0.25, -0.2) is 14.4 Å². The number of aromatic nitrogens is 3. The van der Waals surface area contributed by atoms with E-state index in [1.54, 1.807) is 6.20 Å². The fourth-order valence-corrected chi connectivity index (χ4v) is 5.12. The van der Waals surface area contributed by atoms with Gasteiger partial charge in [0.1, 0.15) is 11.5 Å². The minimum Gasteiger partial charge on any atom is -0.353 e. The summed E-state index contributed by atoms with van der Waals surface area (Å²) in [5.41, 5.74) is -0.435. The van der Waals surface area contributed by atoms with E-state index in [-0.39, 0.29) is 23.4 Å². The number of carbonyl (C=O) groups excluding carboxylic acids is 1. The highest BCUT2D eigenvalue weighted by atomic mass is 19.1. The first-order chi connectivity index (χ1) is 14.1. The molecule has 30 heavy (non-hydrogen) atoms. The lowest BCUT2D eigenvalue weighted by Crippen LogP contribution is -2.75. The normalized spacial score (nSPS) is 25.3. The van der Waals surface area contributed by atoms with Gasteiger partial charge < -0.3 is 10.2 Å². The van der Waals surface area contributed by atoms with Gasteiger partial charge in [-0.2, -0.15) is 0 Å². The van der Waals surface area contributed by atoms with Crippen LogP contribution >= 0.6 is 0 Å². The van der Waals surface area contributed by atoms with Crippen molar-refractivity contribution in [2.45, 2.75) is 65.2 Å². The number of halogens is 1. The fourth-order valence-electron chi connectivity index (χ4n) is 5.12. The summed E-state index contributed by atoms with van der Waals surface area (Å²) in [5.74, 6) is 1.25. The van der Waals surface area contributed by atoms with Crippen molar-refractivity contribution < 1.29 is 9.18 Å². The molecule has 2 aromatic rings. The van der Waals surface area contributed by atoms with Gasteiger partial charge in [0.05, 0.1) is 0 Å². The Labute approximate surface area is 177 Å². The number of nitrogens with zero attached hydrogens (tertiary/aromatic N) is 4. The Morgan fingerprint density at radius 1 is 1.30 bits per heavy atom. The summed E-state index contributed by atoms with van der Waals surface area (Å²) >= 11 is 0. The second-order valence-corrected chi connectivity index (χ2v) is 9.60. The van der Waals surface area contributed by atoms with Crippen LogP contribution in [0.1, 0.15) is 46.2 Å². The zero-order valence-electron chi connectivity index (χ0n) is 18.3. The molecular weight excluding hydrogens is 381 g/mol. The number of hydrogen-bond donors (Lipinski definition) is 1. The average molecular weight is 412 g/mol. The van der Waals surface area contributed by atoms with Gasteiger partial charge in [-0.05, 0) is 45.7 Å². The van der Waals surface area contributed by atoms with Crippen molar-refractivity contribution in [3.05, 3.63) is 36.2 Å². The maximum Gasteiger partial charge on any atom is 0.257 e. The van der Waals surface area contributed by atoms with Crippen LogP contribution in [0.5, 0.6) is 0 Å². The van der Waals surface area contributed by atoms with Crippen molar-refractivity contribution in [3.63, 3.8) is 0 Å². The first-order valence-electron chi connectivity index (χ1n) is 10.6. The van der Waals surface area contributed by atoms with Crippen molar-refractivity contribution in [3.8, 4) is 11.5 Å². The maximum atomic E-state index is 14.1. The maximum absolute atomic E-state index is 14.1. The molecule has 2 aromatic heterocycles. The van der Waals surface area contributed by atoms with Crippen LogP contribution < -0.4 is 10.2 Å². The zero-order valence-corrected chi connectivity index (χ0v) is 18.3. The lowest BCUT2D eigenvalue weighted by molar-refractivity contribution is -0.137. The molecule has 0 aromatic carbocycles. The number of pyridine rings is 1. The van der Waals surface area contributed by atoms with Gasteiger partial charge in [0.2, 0.25) is 0 Å². The Bertz CT molecular complexity index is 940. The summed E-state index contributed by atoms with van der Waals surface area (Å²) in [6, 6.07) is 7.91. The topological polar surface area (TPSA) is 71.0 Å². The summed E-state index contributed by atoms with van der Waals surface area (Å²) in [5, 5.41) is 2.98. The summed E-state index contributed by atoms with van der Waals surface area (Å²) in [7, 11) is 0. The van der Waals surface area contributed by atoms with E-state index in [9.17, 15) is 9.18 Å². The monoisotopic (exact) mass is 411 g/mol. The Hall–Kier alpha value is -2.57. The number of alkyl halides is 1. The Balaban J connectivity index is 1.63. The number of anilines is 1. The second-order valence-electron chi connectivity index (χ2n) is 9.60. The van der Waals surface area contributed by atoms with Gasteiger partial charge in [-0.3, -0.25) is 9.78 Å². The molecule has 3 atom stereocenters. The lowest BCUT2D eigenvalue weighted by atomic mass is 9.52. The molecule has 0 bridgehead atoms.